The maximum atomic E-state index is 10.4. The van der Waals surface area contributed by atoms with E-state index in [4.69, 9.17) is 17.3 Å². The summed E-state index contributed by atoms with van der Waals surface area (Å²) in [7, 11) is 0. The number of nitro groups is 1. The molecule has 1 aromatic heterocycles. The molecular formula is C6H7ClN4O3. The Morgan fingerprint density at radius 2 is 2.43 bits per heavy atom. The van der Waals surface area contributed by atoms with Gasteiger partial charge in [-0.1, -0.05) is 11.6 Å². The van der Waals surface area contributed by atoms with E-state index in [0.29, 0.717) is 0 Å². The molecule has 0 aromatic carbocycles. The molecule has 8 heteroatoms. The van der Waals surface area contributed by atoms with Gasteiger partial charge in [-0.3, -0.25) is 4.79 Å². The predicted octanol–water partition coefficient (Wildman–Crippen LogP) is 0.320. The summed E-state index contributed by atoms with van der Waals surface area (Å²) in [5.41, 5.74) is 4.90. The summed E-state index contributed by atoms with van der Waals surface area (Å²) in [5, 5.41) is 13.8. The number of halogens is 1. The van der Waals surface area contributed by atoms with Crippen LogP contribution in [-0.4, -0.2) is 20.6 Å². The zero-order valence-electron chi connectivity index (χ0n) is 7.01. The van der Waals surface area contributed by atoms with Gasteiger partial charge in [0.2, 0.25) is 5.91 Å². The van der Waals surface area contributed by atoms with E-state index < -0.39 is 16.6 Å². The van der Waals surface area contributed by atoms with Gasteiger partial charge in [0, 0.05) is 6.42 Å². The van der Waals surface area contributed by atoms with Gasteiger partial charge in [0.25, 0.3) is 0 Å². The molecule has 0 unspecified atom stereocenters. The molecule has 0 spiro atoms. The fourth-order valence-electron chi connectivity index (χ4n) is 0.850. The molecule has 0 saturated carbocycles. The molecule has 0 saturated heterocycles. The number of carbonyl (C=O) groups is 1. The Hall–Kier alpha value is -1.63. The van der Waals surface area contributed by atoms with E-state index >= 15 is 0 Å². The molecule has 7 nitrogen and oxygen atoms in total. The third kappa shape index (κ3) is 2.43. The molecule has 0 aliphatic rings. The summed E-state index contributed by atoms with van der Waals surface area (Å²) in [6, 6.07) is 0. The number of amides is 1. The zero-order valence-corrected chi connectivity index (χ0v) is 7.77. The van der Waals surface area contributed by atoms with Gasteiger partial charge >= 0.3 is 5.82 Å². The number of primary amides is 1. The van der Waals surface area contributed by atoms with E-state index in [1.807, 2.05) is 0 Å². The van der Waals surface area contributed by atoms with Crippen molar-refractivity contribution in [2.75, 3.05) is 0 Å². The SMILES string of the molecule is NC(=O)CCn1cc(Cl)c([N+](=O)[O-])n1. The van der Waals surface area contributed by atoms with Crippen molar-refractivity contribution < 1.29 is 9.72 Å². The van der Waals surface area contributed by atoms with Crippen LogP contribution in [0.3, 0.4) is 0 Å². The molecule has 0 atom stereocenters. The van der Waals surface area contributed by atoms with Gasteiger partial charge in [0.1, 0.15) is 0 Å². The first-order chi connectivity index (χ1) is 6.50. The lowest BCUT2D eigenvalue weighted by Crippen LogP contribution is -2.14. The summed E-state index contributed by atoms with van der Waals surface area (Å²) in [5.74, 6) is -0.921. The number of rotatable bonds is 4. The van der Waals surface area contributed by atoms with E-state index in [1.54, 1.807) is 0 Å². The van der Waals surface area contributed by atoms with E-state index in [1.165, 1.54) is 10.9 Å². The molecule has 2 N–H and O–H groups in total. The van der Waals surface area contributed by atoms with Crippen molar-refractivity contribution in [3.8, 4) is 0 Å². The minimum Gasteiger partial charge on any atom is -0.370 e. The Kier molecular flexibility index (Phi) is 3.03. The third-order valence-electron chi connectivity index (χ3n) is 1.46. The topological polar surface area (TPSA) is 104 Å². The van der Waals surface area contributed by atoms with Crippen LogP contribution in [0.1, 0.15) is 6.42 Å². The monoisotopic (exact) mass is 218 g/mol. The van der Waals surface area contributed by atoms with Crippen LogP contribution in [0.2, 0.25) is 5.02 Å². The Balaban J connectivity index is 2.76. The highest BCUT2D eigenvalue weighted by atomic mass is 35.5. The molecule has 0 bridgehead atoms. The number of aryl methyl sites for hydroxylation is 1. The van der Waals surface area contributed by atoms with E-state index in [0.717, 1.165) is 0 Å². The van der Waals surface area contributed by atoms with Crippen LogP contribution >= 0.6 is 11.6 Å². The summed E-state index contributed by atoms with van der Waals surface area (Å²) < 4.78 is 1.21. The Bertz CT molecular complexity index is 375. The average molecular weight is 219 g/mol. The lowest BCUT2D eigenvalue weighted by atomic mass is 10.4. The summed E-state index contributed by atoms with van der Waals surface area (Å²) in [6.45, 7) is 0.183. The first-order valence-electron chi connectivity index (χ1n) is 3.66. The quantitative estimate of drug-likeness (QED) is 0.580. The fourth-order valence-corrected chi connectivity index (χ4v) is 1.07. The van der Waals surface area contributed by atoms with Crippen LogP contribution in [0.25, 0.3) is 0 Å². The van der Waals surface area contributed by atoms with Crippen LogP contribution in [-0.2, 0) is 11.3 Å². The lowest BCUT2D eigenvalue weighted by Gasteiger charge is -1.91. The van der Waals surface area contributed by atoms with Crippen LogP contribution in [0, 0.1) is 10.1 Å². The van der Waals surface area contributed by atoms with Crippen molar-refractivity contribution in [1.29, 1.82) is 0 Å². The second-order valence-electron chi connectivity index (χ2n) is 2.54. The summed E-state index contributed by atoms with van der Waals surface area (Å²) in [4.78, 5) is 20.0. The van der Waals surface area contributed by atoms with Gasteiger partial charge in [0.05, 0.1) is 17.8 Å². The maximum absolute atomic E-state index is 10.4. The molecule has 0 fully saturated rings. The van der Waals surface area contributed by atoms with Crippen molar-refractivity contribution in [1.82, 2.24) is 9.78 Å². The Morgan fingerprint density at radius 3 is 2.86 bits per heavy atom. The van der Waals surface area contributed by atoms with E-state index in [-0.39, 0.29) is 18.0 Å². The molecule has 0 radical (unpaired) electrons. The molecule has 1 heterocycles. The minimum atomic E-state index is -0.691. The minimum absolute atomic E-state index is 0.0560. The molecule has 0 aliphatic carbocycles. The standard InChI is InChI=1S/C6H7ClN4O3/c7-4-3-10(2-1-5(8)12)9-6(4)11(13)14/h3H,1-2H2,(H2,8,12). The Morgan fingerprint density at radius 1 is 1.79 bits per heavy atom. The number of hydrogen-bond acceptors (Lipinski definition) is 4. The number of carbonyl (C=O) groups excluding carboxylic acids is 1. The second kappa shape index (κ2) is 4.05. The highest BCUT2D eigenvalue weighted by Crippen LogP contribution is 2.21. The third-order valence-corrected chi connectivity index (χ3v) is 1.73. The number of aromatic nitrogens is 2. The molecule has 1 amide bonds. The Labute approximate surface area is 83.6 Å². The molecular weight excluding hydrogens is 212 g/mol. The smallest absolute Gasteiger partial charge is 0.370 e. The van der Waals surface area contributed by atoms with Crippen LogP contribution in [0.5, 0.6) is 0 Å². The van der Waals surface area contributed by atoms with Crippen LogP contribution in [0.15, 0.2) is 6.20 Å². The summed E-state index contributed by atoms with van der Waals surface area (Å²) >= 11 is 5.51. The van der Waals surface area contributed by atoms with Crippen molar-refractivity contribution in [2.45, 2.75) is 13.0 Å². The molecule has 76 valence electrons. The van der Waals surface area contributed by atoms with Gasteiger partial charge in [-0.2, -0.15) is 4.68 Å². The van der Waals surface area contributed by atoms with Gasteiger partial charge in [-0.05, 0) is 4.92 Å². The predicted molar refractivity (Wildman–Crippen MR) is 47.7 cm³/mol. The highest BCUT2D eigenvalue weighted by molar-refractivity contribution is 6.32. The van der Waals surface area contributed by atoms with Crippen molar-refractivity contribution >= 4 is 23.3 Å². The van der Waals surface area contributed by atoms with Crippen molar-refractivity contribution in [3.63, 3.8) is 0 Å². The maximum Gasteiger partial charge on any atom is 0.408 e. The normalized spacial score (nSPS) is 10.1. The molecule has 0 aliphatic heterocycles. The average Bonchev–Trinajstić information content (AvgIpc) is 2.43. The second-order valence-corrected chi connectivity index (χ2v) is 2.94. The van der Waals surface area contributed by atoms with Gasteiger partial charge in [-0.25, -0.2) is 0 Å². The van der Waals surface area contributed by atoms with Gasteiger partial charge < -0.3 is 15.8 Å². The zero-order chi connectivity index (χ0) is 10.7. The van der Waals surface area contributed by atoms with Gasteiger partial charge in [-0.15, -0.1) is 0 Å². The van der Waals surface area contributed by atoms with E-state index in [2.05, 4.69) is 5.10 Å². The summed E-state index contributed by atoms with van der Waals surface area (Å²) in [6.07, 6.45) is 1.35. The number of nitrogens with zero attached hydrogens (tertiary/aromatic N) is 3. The fraction of sp³-hybridized carbons (Fsp3) is 0.333. The first kappa shape index (κ1) is 10.5. The van der Waals surface area contributed by atoms with Crippen molar-refractivity contribution in [3.05, 3.63) is 21.3 Å². The van der Waals surface area contributed by atoms with E-state index in [9.17, 15) is 14.9 Å². The molecule has 1 aromatic rings. The van der Waals surface area contributed by atoms with Gasteiger partial charge in [0.15, 0.2) is 5.02 Å². The molecule has 14 heavy (non-hydrogen) atoms. The van der Waals surface area contributed by atoms with Crippen LogP contribution in [0.4, 0.5) is 5.82 Å². The number of hydrogen-bond donors (Lipinski definition) is 1. The van der Waals surface area contributed by atoms with Crippen molar-refractivity contribution in [2.24, 2.45) is 5.73 Å². The molecule has 1 rings (SSSR count). The highest BCUT2D eigenvalue weighted by Gasteiger charge is 2.18. The lowest BCUT2D eigenvalue weighted by molar-refractivity contribution is -0.389. The van der Waals surface area contributed by atoms with Crippen LogP contribution < -0.4 is 5.73 Å². The first-order valence-corrected chi connectivity index (χ1v) is 4.04. The number of nitrogens with two attached hydrogens (primary N) is 1. The largest absolute Gasteiger partial charge is 0.408 e.